The Morgan fingerprint density at radius 3 is 2.58 bits per heavy atom. The molecule has 0 atom stereocenters. The van der Waals surface area contributed by atoms with Gasteiger partial charge in [0.25, 0.3) is 11.8 Å². The normalized spacial score (nSPS) is 14.5. The van der Waals surface area contributed by atoms with Crippen molar-refractivity contribution >= 4 is 34.4 Å². The molecule has 24 heavy (non-hydrogen) atoms. The lowest BCUT2D eigenvalue weighted by atomic mass is 10.2. The molecule has 122 valence electrons. The van der Waals surface area contributed by atoms with E-state index in [9.17, 15) is 18.4 Å². The molecule has 0 bridgehead atoms. The second-order valence-corrected chi connectivity index (χ2v) is 5.94. The highest BCUT2D eigenvalue weighted by Crippen LogP contribution is 2.32. The van der Waals surface area contributed by atoms with Gasteiger partial charge in [0.2, 0.25) is 0 Å². The molecule has 0 unspecified atom stereocenters. The Hall–Kier alpha value is -2.80. The van der Waals surface area contributed by atoms with Crippen molar-refractivity contribution in [1.82, 2.24) is 4.90 Å². The van der Waals surface area contributed by atoms with Gasteiger partial charge < -0.3 is 5.32 Å². The van der Waals surface area contributed by atoms with Gasteiger partial charge in [0.05, 0.1) is 5.57 Å². The van der Waals surface area contributed by atoms with Gasteiger partial charge in [0.15, 0.2) is 11.6 Å². The monoisotopic (exact) mass is 346 g/mol. The third-order valence-corrected chi connectivity index (χ3v) is 4.32. The van der Waals surface area contributed by atoms with Gasteiger partial charge in [-0.3, -0.25) is 14.5 Å². The lowest BCUT2D eigenvalue weighted by Crippen LogP contribution is -2.32. The number of benzene rings is 1. The van der Waals surface area contributed by atoms with Crippen molar-refractivity contribution in [3.8, 4) is 0 Å². The van der Waals surface area contributed by atoms with Gasteiger partial charge in [-0.2, -0.15) is 0 Å². The van der Waals surface area contributed by atoms with E-state index in [1.54, 1.807) is 17.5 Å². The van der Waals surface area contributed by atoms with Gasteiger partial charge in [-0.25, -0.2) is 8.78 Å². The van der Waals surface area contributed by atoms with E-state index in [-0.39, 0.29) is 23.5 Å². The maximum Gasteiger partial charge on any atom is 0.278 e. The summed E-state index contributed by atoms with van der Waals surface area (Å²) < 4.78 is 26.5. The number of thiophene rings is 1. The number of halogens is 2. The summed E-state index contributed by atoms with van der Waals surface area (Å²) in [4.78, 5) is 26.8. The number of nitrogens with one attached hydrogen (secondary N) is 1. The summed E-state index contributed by atoms with van der Waals surface area (Å²) in [6.45, 7) is 3.60. The first-order chi connectivity index (χ1) is 11.5. The standard InChI is InChI=1S/C17H12F2N2O2S/c1-2-7-21-16(22)14(13-4-3-8-24-13)15(17(21)23)20-10-5-6-11(18)12(19)9-10/h2-6,8-9,20H,1,7H2. The van der Waals surface area contributed by atoms with Crippen LogP contribution in [0.4, 0.5) is 14.5 Å². The van der Waals surface area contributed by atoms with Crippen LogP contribution in [-0.4, -0.2) is 23.3 Å². The van der Waals surface area contributed by atoms with Crippen molar-refractivity contribution in [3.63, 3.8) is 0 Å². The molecule has 1 N–H and O–H groups in total. The molecule has 1 aliphatic rings. The highest BCUT2D eigenvalue weighted by Gasteiger charge is 2.39. The molecule has 0 spiro atoms. The van der Waals surface area contributed by atoms with E-state index in [1.165, 1.54) is 23.5 Å². The van der Waals surface area contributed by atoms with Crippen LogP contribution in [-0.2, 0) is 9.59 Å². The van der Waals surface area contributed by atoms with Crippen molar-refractivity contribution in [2.75, 3.05) is 11.9 Å². The lowest BCUT2D eigenvalue weighted by Gasteiger charge is -2.12. The molecule has 2 amide bonds. The number of carbonyl (C=O) groups is 2. The van der Waals surface area contributed by atoms with E-state index in [1.807, 2.05) is 0 Å². The Bertz CT molecular complexity index is 859. The molecule has 1 aliphatic heterocycles. The van der Waals surface area contributed by atoms with E-state index in [2.05, 4.69) is 11.9 Å². The third kappa shape index (κ3) is 2.74. The van der Waals surface area contributed by atoms with Crippen LogP contribution in [0, 0.1) is 11.6 Å². The Labute approximate surface area is 140 Å². The van der Waals surface area contributed by atoms with Gasteiger partial charge in [-0.1, -0.05) is 12.1 Å². The maximum atomic E-state index is 13.4. The predicted molar refractivity (Wildman–Crippen MR) is 88.1 cm³/mol. The van der Waals surface area contributed by atoms with E-state index in [0.29, 0.717) is 4.88 Å². The van der Waals surface area contributed by atoms with Crippen LogP contribution in [0.2, 0.25) is 0 Å². The topological polar surface area (TPSA) is 49.4 Å². The lowest BCUT2D eigenvalue weighted by molar-refractivity contribution is -0.136. The molecule has 1 aromatic heterocycles. The molecule has 3 rings (SSSR count). The van der Waals surface area contributed by atoms with Crippen molar-refractivity contribution in [2.24, 2.45) is 0 Å². The highest BCUT2D eigenvalue weighted by molar-refractivity contribution is 7.11. The second kappa shape index (κ2) is 6.37. The molecule has 0 radical (unpaired) electrons. The molecule has 4 nitrogen and oxygen atoms in total. The van der Waals surface area contributed by atoms with E-state index >= 15 is 0 Å². The second-order valence-electron chi connectivity index (χ2n) is 4.99. The molecular weight excluding hydrogens is 334 g/mol. The summed E-state index contributed by atoms with van der Waals surface area (Å²) in [7, 11) is 0. The van der Waals surface area contributed by atoms with Gasteiger partial charge in [-0.05, 0) is 23.6 Å². The largest absolute Gasteiger partial charge is 0.350 e. The van der Waals surface area contributed by atoms with E-state index in [4.69, 9.17) is 0 Å². The summed E-state index contributed by atoms with van der Waals surface area (Å²) >= 11 is 1.31. The number of nitrogens with zero attached hydrogens (tertiary/aromatic N) is 1. The minimum Gasteiger partial charge on any atom is -0.350 e. The molecule has 2 aromatic rings. The number of hydrogen-bond acceptors (Lipinski definition) is 4. The predicted octanol–water partition coefficient (Wildman–Crippen LogP) is 3.40. The quantitative estimate of drug-likeness (QED) is 0.667. The number of rotatable bonds is 5. The van der Waals surface area contributed by atoms with Crippen LogP contribution in [0.15, 0.2) is 54.1 Å². The zero-order valence-electron chi connectivity index (χ0n) is 12.4. The fourth-order valence-electron chi connectivity index (χ4n) is 2.35. The SMILES string of the molecule is C=CCN1C(=O)C(Nc2ccc(F)c(F)c2)=C(c2cccs2)C1=O. The van der Waals surface area contributed by atoms with Crippen molar-refractivity contribution in [3.05, 3.63) is 70.6 Å². The van der Waals surface area contributed by atoms with Gasteiger partial charge in [-0.15, -0.1) is 17.9 Å². The maximum absolute atomic E-state index is 13.4. The number of anilines is 1. The van der Waals surface area contributed by atoms with E-state index < -0.39 is 23.4 Å². The average Bonchev–Trinajstić information content (AvgIpc) is 3.15. The van der Waals surface area contributed by atoms with E-state index in [0.717, 1.165) is 17.0 Å². The fourth-order valence-corrected chi connectivity index (χ4v) is 3.12. The average molecular weight is 346 g/mol. The number of hydrogen-bond donors (Lipinski definition) is 1. The third-order valence-electron chi connectivity index (χ3n) is 3.44. The first-order valence-corrected chi connectivity index (χ1v) is 7.88. The van der Waals surface area contributed by atoms with Crippen LogP contribution in [0.5, 0.6) is 0 Å². The van der Waals surface area contributed by atoms with Crippen LogP contribution in [0.25, 0.3) is 5.57 Å². The summed E-state index contributed by atoms with van der Waals surface area (Å²) in [5.41, 5.74) is 0.427. The molecular formula is C17H12F2N2O2S. The molecule has 2 heterocycles. The minimum absolute atomic E-state index is 0.0373. The Kier molecular flexibility index (Phi) is 4.26. The summed E-state index contributed by atoms with van der Waals surface area (Å²) in [5.74, 6) is -3.02. The van der Waals surface area contributed by atoms with Crippen LogP contribution < -0.4 is 5.32 Å². The summed E-state index contributed by atoms with van der Waals surface area (Å²) in [6.07, 6.45) is 1.45. The fraction of sp³-hybridized carbons (Fsp3) is 0.0588. The molecule has 1 aromatic carbocycles. The Morgan fingerprint density at radius 1 is 1.17 bits per heavy atom. The zero-order valence-corrected chi connectivity index (χ0v) is 13.2. The van der Waals surface area contributed by atoms with Gasteiger partial charge >= 0.3 is 0 Å². The van der Waals surface area contributed by atoms with Crippen molar-refractivity contribution in [2.45, 2.75) is 0 Å². The number of carbonyl (C=O) groups excluding carboxylic acids is 2. The Balaban J connectivity index is 2.05. The van der Waals surface area contributed by atoms with Gasteiger partial charge in [0, 0.05) is 23.2 Å². The Morgan fingerprint density at radius 2 is 1.96 bits per heavy atom. The van der Waals surface area contributed by atoms with Crippen LogP contribution in [0.3, 0.4) is 0 Å². The highest BCUT2D eigenvalue weighted by atomic mass is 32.1. The smallest absolute Gasteiger partial charge is 0.278 e. The summed E-state index contributed by atoms with van der Waals surface area (Å²) in [5, 5.41) is 4.53. The minimum atomic E-state index is -1.04. The van der Waals surface area contributed by atoms with Crippen LogP contribution >= 0.6 is 11.3 Å². The molecule has 0 saturated heterocycles. The van der Waals surface area contributed by atoms with Crippen molar-refractivity contribution in [1.29, 1.82) is 0 Å². The first-order valence-electron chi connectivity index (χ1n) is 7.00. The first kappa shape index (κ1) is 16.1. The molecule has 0 saturated carbocycles. The number of amides is 2. The van der Waals surface area contributed by atoms with Gasteiger partial charge in [0.1, 0.15) is 5.70 Å². The van der Waals surface area contributed by atoms with Crippen LogP contribution in [0.1, 0.15) is 4.88 Å². The molecule has 7 heteroatoms. The summed E-state index contributed by atoms with van der Waals surface area (Å²) in [6, 6.07) is 6.66. The molecule has 0 aliphatic carbocycles. The number of imide groups is 1. The van der Waals surface area contributed by atoms with Crippen molar-refractivity contribution < 1.29 is 18.4 Å². The zero-order chi connectivity index (χ0) is 17.3. The molecule has 0 fully saturated rings.